The number of imidazole rings is 1. The van der Waals surface area contributed by atoms with Crippen LogP contribution in [0.4, 0.5) is 5.69 Å². The molecule has 1 aromatic heterocycles. The second kappa shape index (κ2) is 4.51. The zero-order valence-corrected chi connectivity index (χ0v) is 10.3. The lowest BCUT2D eigenvalue weighted by Gasteiger charge is -2.23. The maximum atomic E-state index is 12.1. The molecule has 0 saturated carbocycles. The topological polar surface area (TPSA) is 93.0 Å². The quantitative estimate of drug-likeness (QED) is 0.627. The van der Waals surface area contributed by atoms with E-state index in [0.29, 0.717) is 11.0 Å². The number of para-hydroxylation sites is 1. The van der Waals surface area contributed by atoms with E-state index in [-0.39, 0.29) is 17.4 Å². The van der Waals surface area contributed by atoms with Crippen molar-refractivity contribution in [3.8, 4) is 0 Å². The molecule has 1 saturated heterocycles. The molecule has 2 N–H and O–H groups in total. The van der Waals surface area contributed by atoms with Crippen LogP contribution in [0.15, 0.2) is 23.0 Å². The van der Waals surface area contributed by atoms with Crippen molar-refractivity contribution in [3.63, 3.8) is 0 Å². The number of benzene rings is 1. The van der Waals surface area contributed by atoms with Crippen molar-refractivity contribution in [2.75, 3.05) is 13.1 Å². The predicted molar refractivity (Wildman–Crippen MR) is 70.4 cm³/mol. The molecule has 100 valence electrons. The van der Waals surface area contributed by atoms with Crippen LogP contribution in [0.1, 0.15) is 18.9 Å². The van der Waals surface area contributed by atoms with Gasteiger partial charge in [-0.05, 0) is 32.0 Å². The highest BCUT2D eigenvalue weighted by atomic mass is 16.6. The average molecular weight is 262 g/mol. The summed E-state index contributed by atoms with van der Waals surface area (Å²) in [5, 5.41) is 14.3. The molecule has 0 radical (unpaired) electrons. The average Bonchev–Trinajstić information content (AvgIpc) is 2.75. The fourth-order valence-electron chi connectivity index (χ4n) is 2.72. The maximum Gasteiger partial charge on any atom is 0.326 e. The highest BCUT2D eigenvalue weighted by Crippen LogP contribution is 2.28. The Morgan fingerprint density at radius 2 is 2.05 bits per heavy atom. The second-order valence-electron chi connectivity index (χ2n) is 4.71. The third kappa shape index (κ3) is 1.91. The van der Waals surface area contributed by atoms with Crippen molar-refractivity contribution in [3.05, 3.63) is 38.8 Å². The molecule has 1 aliphatic rings. The van der Waals surface area contributed by atoms with E-state index in [9.17, 15) is 14.9 Å². The van der Waals surface area contributed by atoms with Crippen molar-refractivity contribution < 1.29 is 4.92 Å². The Hall–Kier alpha value is -2.15. The van der Waals surface area contributed by atoms with Crippen LogP contribution in [-0.2, 0) is 0 Å². The van der Waals surface area contributed by atoms with E-state index in [0.717, 1.165) is 25.9 Å². The first-order chi connectivity index (χ1) is 9.18. The monoisotopic (exact) mass is 262 g/mol. The molecular formula is C12H14N4O3. The summed E-state index contributed by atoms with van der Waals surface area (Å²) in [6.07, 6.45) is 1.61. The van der Waals surface area contributed by atoms with Crippen LogP contribution in [0.5, 0.6) is 0 Å². The van der Waals surface area contributed by atoms with E-state index in [1.165, 1.54) is 6.07 Å². The second-order valence-corrected chi connectivity index (χ2v) is 4.71. The lowest BCUT2D eigenvalue weighted by atomic mass is 10.1. The van der Waals surface area contributed by atoms with Gasteiger partial charge in [-0.2, -0.15) is 0 Å². The van der Waals surface area contributed by atoms with Crippen molar-refractivity contribution in [1.82, 2.24) is 14.9 Å². The lowest BCUT2D eigenvalue weighted by Crippen LogP contribution is -2.33. The number of non-ortho nitro benzene ring substituents is 1. The van der Waals surface area contributed by atoms with Gasteiger partial charge in [-0.1, -0.05) is 6.07 Å². The summed E-state index contributed by atoms with van der Waals surface area (Å²) in [6, 6.07) is 4.74. The minimum Gasteiger partial charge on any atom is -0.317 e. The summed E-state index contributed by atoms with van der Waals surface area (Å²) < 4.78 is 1.55. The standard InChI is InChI=1S/C12H14N4O3/c17-12-14-9-2-1-3-10(16(18)19)11(9)15(12)8-4-6-13-7-5-8/h1-3,8,13H,4-7H2,(H,14,17). The Morgan fingerprint density at radius 3 is 2.74 bits per heavy atom. The summed E-state index contributed by atoms with van der Waals surface area (Å²) in [5.41, 5.74) is 0.646. The number of nitro groups is 1. The van der Waals surface area contributed by atoms with Gasteiger partial charge in [0.2, 0.25) is 0 Å². The number of nitro benzene ring substituents is 1. The van der Waals surface area contributed by atoms with E-state index < -0.39 is 4.92 Å². The van der Waals surface area contributed by atoms with Gasteiger partial charge >= 0.3 is 5.69 Å². The van der Waals surface area contributed by atoms with Crippen LogP contribution in [0, 0.1) is 10.1 Å². The molecule has 7 nitrogen and oxygen atoms in total. The first kappa shape index (κ1) is 11.9. The smallest absolute Gasteiger partial charge is 0.317 e. The van der Waals surface area contributed by atoms with Gasteiger partial charge in [0.15, 0.2) is 0 Å². The van der Waals surface area contributed by atoms with Gasteiger partial charge in [0.05, 0.1) is 10.4 Å². The molecule has 0 amide bonds. The van der Waals surface area contributed by atoms with Crippen LogP contribution < -0.4 is 11.0 Å². The van der Waals surface area contributed by atoms with E-state index in [2.05, 4.69) is 10.3 Å². The molecule has 19 heavy (non-hydrogen) atoms. The number of hydrogen-bond donors (Lipinski definition) is 2. The molecule has 0 unspecified atom stereocenters. The Kier molecular flexibility index (Phi) is 2.83. The zero-order valence-electron chi connectivity index (χ0n) is 10.3. The molecule has 7 heteroatoms. The van der Waals surface area contributed by atoms with Crippen molar-refractivity contribution in [2.45, 2.75) is 18.9 Å². The van der Waals surface area contributed by atoms with Gasteiger partial charge in [-0.3, -0.25) is 14.7 Å². The number of H-pyrrole nitrogens is 1. The van der Waals surface area contributed by atoms with E-state index in [1.54, 1.807) is 16.7 Å². The summed E-state index contributed by atoms with van der Waals surface area (Å²) in [5.74, 6) is 0. The molecule has 1 aliphatic heterocycles. The summed E-state index contributed by atoms with van der Waals surface area (Å²) in [6.45, 7) is 1.65. The normalized spacial score (nSPS) is 16.8. The minimum absolute atomic E-state index is 0.0172. The third-order valence-corrected chi connectivity index (χ3v) is 3.59. The molecule has 0 bridgehead atoms. The first-order valence-electron chi connectivity index (χ1n) is 6.27. The molecule has 1 fully saturated rings. The summed E-state index contributed by atoms with van der Waals surface area (Å²) >= 11 is 0. The number of hydrogen-bond acceptors (Lipinski definition) is 4. The van der Waals surface area contributed by atoms with Gasteiger partial charge in [0.25, 0.3) is 5.69 Å². The van der Waals surface area contributed by atoms with Crippen molar-refractivity contribution in [2.24, 2.45) is 0 Å². The SMILES string of the molecule is O=c1[nH]c2cccc([N+](=O)[O-])c2n1C1CCNCC1. The van der Waals surface area contributed by atoms with Gasteiger partial charge in [-0.15, -0.1) is 0 Å². The highest BCUT2D eigenvalue weighted by molar-refractivity contribution is 5.84. The molecular weight excluding hydrogens is 248 g/mol. The van der Waals surface area contributed by atoms with Gasteiger partial charge in [0.1, 0.15) is 5.52 Å². The number of rotatable bonds is 2. The highest BCUT2D eigenvalue weighted by Gasteiger charge is 2.24. The number of nitrogens with zero attached hydrogens (tertiary/aromatic N) is 2. The largest absolute Gasteiger partial charge is 0.326 e. The first-order valence-corrected chi connectivity index (χ1v) is 6.27. The van der Waals surface area contributed by atoms with Gasteiger partial charge < -0.3 is 10.3 Å². The van der Waals surface area contributed by atoms with Crippen molar-refractivity contribution >= 4 is 16.7 Å². The Labute approximate surface area is 108 Å². The number of piperidine rings is 1. The van der Waals surface area contributed by atoms with E-state index in [4.69, 9.17) is 0 Å². The Bertz CT molecular complexity index is 682. The van der Waals surface area contributed by atoms with E-state index >= 15 is 0 Å². The number of aromatic nitrogens is 2. The van der Waals surface area contributed by atoms with Crippen LogP contribution in [0.3, 0.4) is 0 Å². The van der Waals surface area contributed by atoms with Gasteiger partial charge in [0, 0.05) is 12.1 Å². The van der Waals surface area contributed by atoms with E-state index in [1.807, 2.05) is 0 Å². The van der Waals surface area contributed by atoms with Crippen LogP contribution in [0.2, 0.25) is 0 Å². The third-order valence-electron chi connectivity index (χ3n) is 3.59. The Morgan fingerprint density at radius 1 is 1.32 bits per heavy atom. The lowest BCUT2D eigenvalue weighted by molar-refractivity contribution is -0.383. The van der Waals surface area contributed by atoms with Crippen LogP contribution in [-0.4, -0.2) is 27.6 Å². The molecule has 2 heterocycles. The number of nitrogens with one attached hydrogen (secondary N) is 2. The molecule has 0 aliphatic carbocycles. The fraction of sp³-hybridized carbons (Fsp3) is 0.417. The summed E-state index contributed by atoms with van der Waals surface area (Å²) in [4.78, 5) is 25.5. The Balaban J connectivity index is 2.25. The summed E-state index contributed by atoms with van der Waals surface area (Å²) in [7, 11) is 0. The van der Waals surface area contributed by atoms with Crippen LogP contribution in [0.25, 0.3) is 11.0 Å². The van der Waals surface area contributed by atoms with Gasteiger partial charge in [-0.25, -0.2) is 4.79 Å². The molecule has 1 aromatic carbocycles. The predicted octanol–water partition coefficient (Wildman–Crippen LogP) is 1.16. The zero-order chi connectivity index (χ0) is 13.4. The molecule has 2 aromatic rings. The fourth-order valence-corrected chi connectivity index (χ4v) is 2.72. The van der Waals surface area contributed by atoms with Crippen molar-refractivity contribution in [1.29, 1.82) is 0 Å². The number of fused-ring (bicyclic) bond motifs is 1. The number of aromatic amines is 1. The molecule has 3 rings (SSSR count). The van der Waals surface area contributed by atoms with Crippen LogP contribution >= 0.6 is 0 Å². The maximum absolute atomic E-state index is 12.1. The minimum atomic E-state index is -0.437. The molecule has 0 atom stereocenters. The molecule has 0 spiro atoms.